The maximum absolute atomic E-state index is 4.77. The van der Waals surface area contributed by atoms with Gasteiger partial charge in [0.1, 0.15) is 11.4 Å². The van der Waals surface area contributed by atoms with Crippen LogP contribution in [0.25, 0.3) is 56.1 Å². The summed E-state index contributed by atoms with van der Waals surface area (Å²) in [5.74, 6) is 0.455. The minimum absolute atomic E-state index is 0.00358. The number of fused-ring (bicyclic) bond motifs is 6. The van der Waals surface area contributed by atoms with Crippen molar-refractivity contribution in [3.8, 4) is 56.1 Å². The second kappa shape index (κ2) is 26.9. The van der Waals surface area contributed by atoms with E-state index in [1.54, 1.807) is 0 Å². The highest BCUT2D eigenvalue weighted by atomic mass is 15.4. The molecule has 9 aromatic rings. The van der Waals surface area contributed by atoms with Gasteiger partial charge in [-0.25, -0.2) is 9.36 Å². The van der Waals surface area contributed by atoms with Crippen LogP contribution >= 0.6 is 0 Å². The molecule has 2 aliphatic carbocycles. The summed E-state index contributed by atoms with van der Waals surface area (Å²) in [4.78, 5) is 0. The Hall–Kier alpha value is -8.11. The first-order valence-corrected chi connectivity index (χ1v) is 31.3. The molecule has 0 bridgehead atoms. The summed E-state index contributed by atoms with van der Waals surface area (Å²) in [6.07, 6.45) is 28.9. The van der Waals surface area contributed by atoms with Crippen LogP contribution in [0.5, 0.6) is 0 Å². The number of hydrogen-bond donors (Lipinski definition) is 1. The van der Waals surface area contributed by atoms with Crippen LogP contribution in [0.1, 0.15) is 184 Å². The van der Waals surface area contributed by atoms with E-state index in [2.05, 4.69) is 156 Å². The number of unbranched alkanes of at least 4 members (excludes halogenated alkanes) is 12. The first-order valence-electron chi connectivity index (χ1n) is 31.3. The zero-order valence-electron chi connectivity index (χ0n) is 49.4. The van der Waals surface area contributed by atoms with Crippen LogP contribution in [-0.4, -0.2) is 35.8 Å². The van der Waals surface area contributed by atoms with Crippen molar-refractivity contribution in [1.82, 2.24) is 30.0 Å². The van der Waals surface area contributed by atoms with Crippen molar-refractivity contribution in [1.29, 1.82) is 0 Å². The highest BCUT2D eigenvalue weighted by Crippen LogP contribution is 2.56. The molecule has 424 valence electrons. The predicted octanol–water partition coefficient (Wildman–Crippen LogP) is 20.2. The molecule has 7 aromatic carbocycles. The molecule has 0 fully saturated rings. The van der Waals surface area contributed by atoms with Gasteiger partial charge in [-0.15, -0.1) is 20.4 Å². The molecule has 11 rings (SSSR count). The van der Waals surface area contributed by atoms with E-state index >= 15 is 0 Å². The number of nitrogens with one attached hydrogen (secondary N) is 1. The minimum Gasteiger partial charge on any atom is -0.276 e. The monoisotopic (exact) mass is 1100 g/mol. The van der Waals surface area contributed by atoms with Gasteiger partial charge in [-0.05, 0) is 119 Å². The van der Waals surface area contributed by atoms with Gasteiger partial charge in [0.05, 0.1) is 35.1 Å². The van der Waals surface area contributed by atoms with Gasteiger partial charge in [0.15, 0.2) is 0 Å². The van der Waals surface area contributed by atoms with E-state index in [4.69, 9.17) is 10.3 Å². The van der Waals surface area contributed by atoms with E-state index in [0.717, 1.165) is 45.1 Å². The third-order valence-electron chi connectivity index (χ3n) is 17.8. The quantitative estimate of drug-likeness (QED) is 0.0173. The molecule has 2 heterocycles. The molecule has 10 heteroatoms. The van der Waals surface area contributed by atoms with Crippen molar-refractivity contribution < 1.29 is 0 Å². The Labute approximate surface area is 492 Å². The second-order valence-electron chi connectivity index (χ2n) is 23.3. The Balaban J connectivity index is 0.778. The van der Waals surface area contributed by atoms with E-state index in [1.807, 2.05) is 88.5 Å². The van der Waals surface area contributed by atoms with Crippen molar-refractivity contribution in [2.45, 2.75) is 167 Å². The molecule has 0 spiro atoms. The summed E-state index contributed by atoms with van der Waals surface area (Å²) in [7, 11) is 0. The van der Waals surface area contributed by atoms with Gasteiger partial charge < -0.3 is 0 Å². The molecule has 0 atom stereocenters. The van der Waals surface area contributed by atoms with Crippen LogP contribution < -0.4 is 5.43 Å². The van der Waals surface area contributed by atoms with E-state index in [9.17, 15) is 0 Å². The molecule has 1 N–H and O–H groups in total. The summed E-state index contributed by atoms with van der Waals surface area (Å²) in [6.45, 7) is 9.20. The van der Waals surface area contributed by atoms with Gasteiger partial charge in [-0.2, -0.15) is 5.10 Å². The standard InChI is InChI=1S/C73H82N10/c1-5-9-13-24-46-72(47-25-14-10-6-2)65-32-22-20-30-61(65)63-44-42-59(50-67(63)72)82-52-69(76-80-82)54-34-38-57(39-35-54)74-78-71(56-28-18-17-19-29-56)79-75-58-40-36-55(37-41-58)70-53-83(81-77-70)60-43-45-64-62-31-21-23-33-66(62)73(68(64)51-60,48-26-15-11-7-3)49-27-16-12-8-4/h17-23,28-45,50-53,74H,5-16,24-27,46-49H2,1-4H3/b78-71+,79-75?. The summed E-state index contributed by atoms with van der Waals surface area (Å²) >= 11 is 0. The summed E-state index contributed by atoms with van der Waals surface area (Å²) < 4.78 is 3.87. The molecule has 0 saturated heterocycles. The van der Waals surface area contributed by atoms with Crippen LogP contribution in [0.2, 0.25) is 0 Å². The van der Waals surface area contributed by atoms with Gasteiger partial charge in [-0.3, -0.25) is 5.43 Å². The fourth-order valence-electron chi connectivity index (χ4n) is 13.3. The van der Waals surface area contributed by atoms with Crippen molar-refractivity contribution in [3.63, 3.8) is 0 Å². The Morgan fingerprint density at radius 3 is 1.30 bits per heavy atom. The number of anilines is 1. The smallest absolute Gasteiger partial charge is 0.201 e. The SMILES string of the molecule is CCCCCCC1(CCCCCC)c2ccccc2-c2ccc(-n3cc(-c4ccc(N=N/C(=N/Nc5ccc(-c6cn(-c7ccc8c(c7)C(CCCCCC)(CCCCCC)c7ccccc7-8)nn6)cc5)c5ccccc5)cc4)nn3)cc21. The van der Waals surface area contributed by atoms with Crippen molar-refractivity contribution in [2.24, 2.45) is 15.3 Å². The molecule has 83 heavy (non-hydrogen) atoms. The number of hydrazone groups is 1. The minimum atomic E-state index is 0.00358. The summed E-state index contributed by atoms with van der Waals surface area (Å²) in [5.41, 5.74) is 22.6. The van der Waals surface area contributed by atoms with Gasteiger partial charge in [0.2, 0.25) is 5.84 Å². The fraction of sp³-hybridized carbons (Fsp3) is 0.356. The Morgan fingerprint density at radius 2 is 0.843 bits per heavy atom. The molecule has 0 aliphatic heterocycles. The van der Waals surface area contributed by atoms with E-state index in [0.29, 0.717) is 11.5 Å². The number of rotatable bonds is 28. The topological polar surface area (TPSA) is 111 Å². The maximum Gasteiger partial charge on any atom is 0.201 e. The average molecular weight is 1100 g/mol. The van der Waals surface area contributed by atoms with E-state index in [-0.39, 0.29) is 10.8 Å². The van der Waals surface area contributed by atoms with Crippen LogP contribution in [-0.2, 0) is 10.8 Å². The molecular formula is C73H82N10. The third kappa shape index (κ3) is 12.3. The Kier molecular flexibility index (Phi) is 18.4. The predicted molar refractivity (Wildman–Crippen MR) is 342 cm³/mol. The number of nitrogens with zero attached hydrogens (tertiary/aromatic N) is 9. The largest absolute Gasteiger partial charge is 0.276 e. The first kappa shape index (κ1) is 56.7. The lowest BCUT2D eigenvalue weighted by atomic mass is 9.70. The molecule has 0 unspecified atom stereocenters. The van der Waals surface area contributed by atoms with Gasteiger partial charge in [0, 0.05) is 27.5 Å². The lowest BCUT2D eigenvalue weighted by Crippen LogP contribution is -2.25. The fourth-order valence-corrected chi connectivity index (χ4v) is 13.3. The highest BCUT2D eigenvalue weighted by Gasteiger charge is 2.44. The van der Waals surface area contributed by atoms with E-state index < -0.39 is 0 Å². The van der Waals surface area contributed by atoms with Crippen molar-refractivity contribution in [2.75, 3.05) is 5.43 Å². The lowest BCUT2D eigenvalue weighted by molar-refractivity contribution is 0.401. The number of hydrogen-bond acceptors (Lipinski definition) is 7. The Morgan fingerprint density at radius 1 is 0.422 bits per heavy atom. The van der Waals surface area contributed by atoms with Crippen molar-refractivity contribution in [3.05, 3.63) is 204 Å². The van der Waals surface area contributed by atoms with Gasteiger partial charge in [0.25, 0.3) is 0 Å². The number of azo groups is 1. The van der Waals surface area contributed by atoms with Crippen LogP contribution in [0.4, 0.5) is 11.4 Å². The van der Waals surface area contributed by atoms with Crippen LogP contribution in [0.3, 0.4) is 0 Å². The first-order chi connectivity index (χ1) is 40.9. The summed E-state index contributed by atoms with van der Waals surface area (Å²) in [5, 5.41) is 32.8. The highest BCUT2D eigenvalue weighted by molar-refractivity contribution is 5.99. The lowest BCUT2D eigenvalue weighted by Gasteiger charge is -2.33. The molecule has 10 nitrogen and oxygen atoms in total. The molecule has 2 aliphatic rings. The molecule has 0 amide bonds. The summed E-state index contributed by atoms with van der Waals surface area (Å²) in [6, 6.07) is 58.2. The normalized spacial score (nSPS) is 13.8. The molecule has 2 aromatic heterocycles. The number of aromatic nitrogens is 6. The third-order valence-corrected chi connectivity index (χ3v) is 17.8. The van der Waals surface area contributed by atoms with Crippen molar-refractivity contribution >= 4 is 17.2 Å². The van der Waals surface area contributed by atoms with Gasteiger partial charge >= 0.3 is 0 Å². The zero-order chi connectivity index (χ0) is 56.9. The maximum atomic E-state index is 4.77. The molecule has 0 saturated carbocycles. The number of benzene rings is 7. The van der Waals surface area contributed by atoms with Crippen LogP contribution in [0.15, 0.2) is 192 Å². The second-order valence-corrected chi connectivity index (χ2v) is 23.3. The molecular weight excluding hydrogens is 1020 g/mol. The molecule has 0 radical (unpaired) electrons. The van der Waals surface area contributed by atoms with Crippen LogP contribution in [0, 0.1) is 0 Å². The zero-order valence-corrected chi connectivity index (χ0v) is 49.4. The average Bonchev–Trinajstić information content (AvgIpc) is 1.97. The Bertz CT molecular complexity index is 3600. The van der Waals surface area contributed by atoms with Gasteiger partial charge in [-0.1, -0.05) is 256 Å². The number of amidine groups is 1. The van der Waals surface area contributed by atoms with E-state index in [1.165, 1.54) is 173 Å².